The first-order chi connectivity index (χ1) is 9.70. The van der Waals surface area contributed by atoms with Crippen molar-refractivity contribution < 1.29 is 4.74 Å². The first-order valence-electron chi connectivity index (χ1n) is 5.95. The summed E-state index contributed by atoms with van der Waals surface area (Å²) >= 11 is 7.35. The topological polar surface area (TPSA) is 48.1 Å². The van der Waals surface area contributed by atoms with Crippen LogP contribution in [-0.4, -0.2) is 4.98 Å². The molecule has 0 aliphatic heterocycles. The molecule has 0 bridgehead atoms. The van der Waals surface area contributed by atoms with Gasteiger partial charge in [0, 0.05) is 16.0 Å². The number of nitrogens with two attached hydrogens (primary N) is 1. The van der Waals surface area contributed by atoms with Crippen LogP contribution in [0.25, 0.3) is 11.3 Å². The number of aromatic nitrogens is 1. The number of rotatable bonds is 3. The minimum Gasteiger partial charge on any atom is -0.457 e. The van der Waals surface area contributed by atoms with E-state index in [1.165, 1.54) is 11.3 Å². The number of halogens is 2. The molecule has 0 spiro atoms. The third-order valence-electron chi connectivity index (χ3n) is 2.70. The van der Waals surface area contributed by atoms with Gasteiger partial charge in [-0.15, -0.1) is 35.3 Å². The number of hydrogen-bond donors (Lipinski definition) is 1. The van der Waals surface area contributed by atoms with Crippen LogP contribution < -0.4 is 10.5 Å². The largest absolute Gasteiger partial charge is 0.457 e. The number of nitrogen functional groups attached to an aromatic ring is 1. The summed E-state index contributed by atoms with van der Waals surface area (Å²) in [5.74, 6) is 1.46. The Morgan fingerprint density at radius 3 is 2.43 bits per heavy atom. The van der Waals surface area contributed by atoms with Crippen LogP contribution in [0.4, 0.5) is 5.13 Å². The van der Waals surface area contributed by atoms with Gasteiger partial charge in [-0.05, 0) is 42.5 Å². The molecule has 0 radical (unpaired) electrons. The van der Waals surface area contributed by atoms with Gasteiger partial charge in [0.25, 0.3) is 0 Å². The molecule has 0 fully saturated rings. The van der Waals surface area contributed by atoms with E-state index < -0.39 is 0 Å². The van der Waals surface area contributed by atoms with Crippen LogP contribution in [-0.2, 0) is 0 Å². The summed E-state index contributed by atoms with van der Waals surface area (Å²) in [6, 6.07) is 15.0. The van der Waals surface area contributed by atoms with Gasteiger partial charge in [-0.25, -0.2) is 4.98 Å². The third kappa shape index (κ3) is 4.09. The molecular weight excluding hydrogens is 419 g/mol. The monoisotopic (exact) mass is 430 g/mol. The first-order valence-corrected chi connectivity index (χ1v) is 7.21. The molecule has 6 heteroatoms. The standard InChI is InChI=1S/C15H11ClN2OS.HI/c16-11-2-1-3-13(8-11)19-12-6-4-10(5-7-12)14-9-20-15(17)18-14;/h1-9H,(H2,17,18);1H. The molecule has 0 saturated heterocycles. The fourth-order valence-corrected chi connectivity index (χ4v) is 2.53. The SMILES string of the molecule is I.Nc1nc(-c2ccc(Oc3cccc(Cl)c3)cc2)cs1. The van der Waals surface area contributed by atoms with Gasteiger partial charge >= 0.3 is 0 Å². The van der Waals surface area contributed by atoms with Gasteiger partial charge in [-0.3, -0.25) is 0 Å². The van der Waals surface area contributed by atoms with Crippen molar-refractivity contribution in [2.45, 2.75) is 0 Å². The van der Waals surface area contributed by atoms with Crippen molar-refractivity contribution in [1.82, 2.24) is 4.98 Å². The van der Waals surface area contributed by atoms with Crippen molar-refractivity contribution in [3.05, 3.63) is 58.9 Å². The molecule has 3 rings (SSSR count). The lowest BCUT2D eigenvalue weighted by Gasteiger charge is -2.06. The predicted molar refractivity (Wildman–Crippen MR) is 98.9 cm³/mol. The van der Waals surface area contributed by atoms with Crippen LogP contribution in [0.5, 0.6) is 11.5 Å². The van der Waals surface area contributed by atoms with Crippen molar-refractivity contribution in [2.24, 2.45) is 0 Å². The highest BCUT2D eigenvalue weighted by molar-refractivity contribution is 14.0. The van der Waals surface area contributed by atoms with Crippen molar-refractivity contribution >= 4 is 52.0 Å². The number of ether oxygens (including phenoxy) is 1. The first kappa shape index (κ1) is 16.1. The van der Waals surface area contributed by atoms with Gasteiger partial charge in [0.2, 0.25) is 0 Å². The Morgan fingerprint density at radius 2 is 1.81 bits per heavy atom. The number of anilines is 1. The van der Waals surface area contributed by atoms with E-state index in [1.807, 2.05) is 47.8 Å². The Morgan fingerprint density at radius 1 is 1.05 bits per heavy atom. The normalized spacial score (nSPS) is 9.95. The van der Waals surface area contributed by atoms with E-state index >= 15 is 0 Å². The number of thiazole rings is 1. The summed E-state index contributed by atoms with van der Waals surface area (Å²) in [5, 5.41) is 3.15. The smallest absolute Gasteiger partial charge is 0.180 e. The van der Waals surface area contributed by atoms with Crippen molar-refractivity contribution in [3.8, 4) is 22.8 Å². The molecule has 0 aliphatic carbocycles. The fraction of sp³-hybridized carbons (Fsp3) is 0. The van der Waals surface area contributed by atoms with Crippen LogP contribution in [0.15, 0.2) is 53.9 Å². The minimum atomic E-state index is 0. The second-order valence-electron chi connectivity index (χ2n) is 4.15. The molecule has 0 amide bonds. The van der Waals surface area contributed by atoms with Crippen molar-refractivity contribution in [2.75, 3.05) is 5.73 Å². The van der Waals surface area contributed by atoms with Crippen molar-refractivity contribution in [3.63, 3.8) is 0 Å². The van der Waals surface area contributed by atoms with E-state index in [0.717, 1.165) is 17.0 Å². The molecule has 1 aromatic heterocycles. The van der Waals surface area contributed by atoms with Crippen LogP contribution in [0.2, 0.25) is 5.02 Å². The van der Waals surface area contributed by atoms with Crippen LogP contribution >= 0.6 is 46.9 Å². The second kappa shape index (κ2) is 7.11. The highest BCUT2D eigenvalue weighted by Gasteiger charge is 2.03. The Balaban J connectivity index is 0.00000161. The summed E-state index contributed by atoms with van der Waals surface area (Å²) in [5.41, 5.74) is 7.52. The van der Waals surface area contributed by atoms with E-state index in [1.54, 1.807) is 6.07 Å². The number of hydrogen-bond acceptors (Lipinski definition) is 4. The van der Waals surface area contributed by atoms with E-state index in [2.05, 4.69) is 4.98 Å². The van der Waals surface area contributed by atoms with Gasteiger partial charge in [-0.2, -0.15) is 0 Å². The highest BCUT2D eigenvalue weighted by Crippen LogP contribution is 2.28. The molecule has 2 N–H and O–H groups in total. The Bertz CT molecular complexity index is 731. The quantitative estimate of drug-likeness (QED) is 0.562. The van der Waals surface area contributed by atoms with Crippen LogP contribution in [0.3, 0.4) is 0 Å². The Labute approximate surface area is 148 Å². The van der Waals surface area contributed by atoms with E-state index in [4.69, 9.17) is 22.1 Å². The molecule has 2 aromatic carbocycles. The number of nitrogens with zero attached hydrogens (tertiary/aromatic N) is 1. The summed E-state index contributed by atoms with van der Waals surface area (Å²) in [6.45, 7) is 0. The van der Waals surface area contributed by atoms with Gasteiger partial charge in [-0.1, -0.05) is 17.7 Å². The van der Waals surface area contributed by atoms with Gasteiger partial charge in [0.15, 0.2) is 5.13 Å². The lowest BCUT2D eigenvalue weighted by molar-refractivity contribution is 0.483. The Hall–Kier alpha value is -1.31. The molecular formula is C15H12ClIN2OS. The average Bonchev–Trinajstić information content (AvgIpc) is 2.86. The number of benzene rings is 2. The summed E-state index contributed by atoms with van der Waals surface area (Å²) in [7, 11) is 0. The summed E-state index contributed by atoms with van der Waals surface area (Å²) < 4.78 is 5.73. The van der Waals surface area contributed by atoms with Gasteiger partial charge < -0.3 is 10.5 Å². The molecule has 21 heavy (non-hydrogen) atoms. The molecule has 0 atom stereocenters. The van der Waals surface area contributed by atoms with E-state index in [9.17, 15) is 0 Å². The lowest BCUT2D eigenvalue weighted by atomic mass is 10.2. The molecule has 108 valence electrons. The predicted octanol–water partition coefficient (Wildman–Crippen LogP) is 5.46. The van der Waals surface area contributed by atoms with E-state index in [0.29, 0.717) is 15.9 Å². The molecule has 1 heterocycles. The summed E-state index contributed by atoms with van der Waals surface area (Å²) in [6.07, 6.45) is 0. The zero-order chi connectivity index (χ0) is 13.9. The molecule has 3 nitrogen and oxygen atoms in total. The average molecular weight is 431 g/mol. The minimum absolute atomic E-state index is 0. The van der Waals surface area contributed by atoms with E-state index in [-0.39, 0.29) is 24.0 Å². The fourth-order valence-electron chi connectivity index (χ4n) is 1.78. The third-order valence-corrected chi connectivity index (χ3v) is 3.61. The molecule has 0 saturated carbocycles. The second-order valence-corrected chi connectivity index (χ2v) is 5.48. The zero-order valence-corrected chi connectivity index (χ0v) is 14.7. The van der Waals surface area contributed by atoms with Gasteiger partial charge in [0.05, 0.1) is 5.69 Å². The maximum atomic E-state index is 5.92. The van der Waals surface area contributed by atoms with Gasteiger partial charge in [0.1, 0.15) is 11.5 Å². The highest BCUT2D eigenvalue weighted by atomic mass is 127. The zero-order valence-electron chi connectivity index (χ0n) is 10.8. The maximum absolute atomic E-state index is 5.92. The molecule has 0 unspecified atom stereocenters. The maximum Gasteiger partial charge on any atom is 0.180 e. The molecule has 3 aromatic rings. The lowest BCUT2D eigenvalue weighted by Crippen LogP contribution is -1.85. The van der Waals surface area contributed by atoms with Crippen molar-refractivity contribution in [1.29, 1.82) is 0 Å². The Kier molecular flexibility index (Phi) is 5.44. The van der Waals surface area contributed by atoms with Crippen LogP contribution in [0.1, 0.15) is 0 Å². The summed E-state index contributed by atoms with van der Waals surface area (Å²) in [4.78, 5) is 4.24. The molecule has 0 aliphatic rings. The van der Waals surface area contributed by atoms with Crippen LogP contribution in [0, 0.1) is 0 Å².